The summed E-state index contributed by atoms with van der Waals surface area (Å²) in [6, 6.07) is 53.4. The van der Waals surface area contributed by atoms with Crippen LogP contribution in [0.2, 0.25) is 0 Å². The zero-order valence-corrected chi connectivity index (χ0v) is 24.3. The van der Waals surface area contributed by atoms with Crippen LogP contribution in [0.5, 0.6) is 0 Å². The SMILES string of the molecule is CC1(C)c2cc3c(cc2-n2c1cc1ccccc12)c1ccccc1n3-c1cc(-c2ccccc2)cc(-c2ccccc2)c1. The first kappa shape index (κ1) is 24.3. The van der Waals surface area contributed by atoms with E-state index in [2.05, 4.69) is 169 Å². The molecule has 0 N–H and O–H groups in total. The number of hydrogen-bond acceptors (Lipinski definition) is 0. The van der Waals surface area contributed by atoms with Gasteiger partial charge in [-0.25, -0.2) is 0 Å². The maximum Gasteiger partial charge on any atom is 0.0545 e. The van der Waals surface area contributed by atoms with E-state index in [1.165, 1.54) is 77.6 Å². The Morgan fingerprint density at radius 1 is 0.442 bits per heavy atom. The smallest absolute Gasteiger partial charge is 0.0545 e. The molecule has 0 radical (unpaired) electrons. The second-order valence-corrected chi connectivity index (χ2v) is 12.3. The van der Waals surface area contributed by atoms with Gasteiger partial charge in [-0.15, -0.1) is 0 Å². The minimum atomic E-state index is -0.120. The van der Waals surface area contributed by atoms with Gasteiger partial charge in [0.25, 0.3) is 0 Å². The van der Waals surface area contributed by atoms with E-state index >= 15 is 0 Å². The van der Waals surface area contributed by atoms with Crippen molar-refractivity contribution >= 4 is 32.7 Å². The van der Waals surface area contributed by atoms with Crippen molar-refractivity contribution in [1.29, 1.82) is 0 Å². The van der Waals surface area contributed by atoms with Crippen molar-refractivity contribution in [2.75, 3.05) is 0 Å². The lowest BCUT2D eigenvalue weighted by atomic mass is 9.83. The van der Waals surface area contributed by atoms with Crippen molar-refractivity contribution in [2.45, 2.75) is 19.3 Å². The molecule has 9 rings (SSSR count). The number of benzene rings is 6. The van der Waals surface area contributed by atoms with Crippen molar-refractivity contribution in [2.24, 2.45) is 0 Å². The highest BCUT2D eigenvalue weighted by Crippen LogP contribution is 2.48. The van der Waals surface area contributed by atoms with E-state index in [0.717, 1.165) is 0 Å². The standard InChI is InChI=1S/C41H30N2/c1-41(2)35-26-38-34(25-39(35)43-36-19-11-9-17-29(36)24-40(41)43)33-18-10-12-20-37(33)42(38)32-22-30(27-13-5-3-6-14-27)21-31(23-32)28-15-7-4-8-16-28/h3-26H,1-2H3. The Kier molecular flexibility index (Phi) is 4.99. The minimum Gasteiger partial charge on any atom is -0.312 e. The van der Waals surface area contributed by atoms with Crippen LogP contribution < -0.4 is 0 Å². The summed E-state index contributed by atoms with van der Waals surface area (Å²) >= 11 is 0. The lowest BCUT2D eigenvalue weighted by Gasteiger charge is -2.20. The summed E-state index contributed by atoms with van der Waals surface area (Å²) in [6.45, 7) is 4.73. The summed E-state index contributed by atoms with van der Waals surface area (Å²) in [5.74, 6) is 0. The second kappa shape index (κ2) is 8.83. The Balaban J connectivity index is 1.37. The molecule has 3 heterocycles. The molecule has 43 heavy (non-hydrogen) atoms. The van der Waals surface area contributed by atoms with Gasteiger partial charge in [-0.1, -0.05) is 111 Å². The van der Waals surface area contributed by atoms with Gasteiger partial charge in [0.05, 0.1) is 22.2 Å². The summed E-state index contributed by atoms with van der Waals surface area (Å²) < 4.78 is 4.96. The van der Waals surface area contributed by atoms with Gasteiger partial charge in [0, 0.05) is 33.0 Å². The fraction of sp³-hybridized carbons (Fsp3) is 0.0732. The minimum absolute atomic E-state index is 0.120. The highest BCUT2D eigenvalue weighted by atomic mass is 15.0. The summed E-state index contributed by atoms with van der Waals surface area (Å²) in [4.78, 5) is 0. The molecule has 1 aliphatic heterocycles. The molecule has 0 bridgehead atoms. The Morgan fingerprint density at radius 2 is 1.05 bits per heavy atom. The third-order valence-corrected chi connectivity index (χ3v) is 9.45. The first-order valence-electron chi connectivity index (χ1n) is 15.0. The number of rotatable bonds is 3. The highest BCUT2D eigenvalue weighted by molar-refractivity contribution is 6.11. The Labute approximate surface area is 251 Å². The maximum absolute atomic E-state index is 2.49. The van der Waals surface area contributed by atoms with Gasteiger partial charge in [0.15, 0.2) is 0 Å². The molecule has 0 saturated carbocycles. The maximum atomic E-state index is 2.49. The van der Waals surface area contributed by atoms with Crippen LogP contribution >= 0.6 is 0 Å². The van der Waals surface area contributed by atoms with Crippen LogP contribution in [0.1, 0.15) is 25.1 Å². The summed E-state index contributed by atoms with van der Waals surface area (Å²) in [7, 11) is 0. The molecule has 0 aliphatic carbocycles. The first-order valence-corrected chi connectivity index (χ1v) is 15.0. The fourth-order valence-electron chi connectivity index (χ4n) is 7.31. The van der Waals surface area contributed by atoms with Crippen molar-refractivity contribution in [1.82, 2.24) is 9.13 Å². The van der Waals surface area contributed by atoms with E-state index in [1.807, 2.05) is 0 Å². The van der Waals surface area contributed by atoms with Gasteiger partial charge in [-0.05, 0) is 76.3 Å². The van der Waals surface area contributed by atoms with E-state index in [-0.39, 0.29) is 5.41 Å². The molecule has 0 atom stereocenters. The molecular formula is C41H30N2. The predicted molar refractivity (Wildman–Crippen MR) is 181 cm³/mol. The molecule has 2 heteroatoms. The lowest BCUT2D eigenvalue weighted by Crippen LogP contribution is -2.15. The first-order chi connectivity index (χ1) is 21.1. The molecule has 204 valence electrons. The number of hydrogen-bond donors (Lipinski definition) is 0. The van der Waals surface area contributed by atoms with Crippen LogP contribution in [0.25, 0.3) is 66.3 Å². The van der Waals surface area contributed by atoms with Crippen LogP contribution in [0.3, 0.4) is 0 Å². The molecule has 0 spiro atoms. The van der Waals surface area contributed by atoms with Crippen molar-refractivity contribution in [3.05, 3.63) is 157 Å². The number of para-hydroxylation sites is 2. The van der Waals surface area contributed by atoms with Crippen LogP contribution in [-0.2, 0) is 5.41 Å². The van der Waals surface area contributed by atoms with E-state index < -0.39 is 0 Å². The average Bonchev–Trinajstić information content (AvgIpc) is 3.67. The zero-order chi connectivity index (χ0) is 28.7. The molecule has 0 saturated heterocycles. The van der Waals surface area contributed by atoms with E-state index in [9.17, 15) is 0 Å². The average molecular weight is 551 g/mol. The van der Waals surface area contributed by atoms with Crippen LogP contribution in [0.15, 0.2) is 146 Å². The summed E-state index contributed by atoms with van der Waals surface area (Å²) in [6.07, 6.45) is 0. The molecule has 0 fully saturated rings. The normalized spacial score (nSPS) is 13.5. The topological polar surface area (TPSA) is 9.86 Å². The van der Waals surface area contributed by atoms with Gasteiger partial charge < -0.3 is 9.13 Å². The van der Waals surface area contributed by atoms with Crippen LogP contribution in [-0.4, -0.2) is 9.13 Å². The second-order valence-electron chi connectivity index (χ2n) is 12.3. The third kappa shape index (κ3) is 3.47. The number of fused-ring (bicyclic) bond motifs is 8. The zero-order valence-electron chi connectivity index (χ0n) is 24.3. The van der Waals surface area contributed by atoms with Gasteiger partial charge in [-0.2, -0.15) is 0 Å². The highest BCUT2D eigenvalue weighted by Gasteiger charge is 2.38. The van der Waals surface area contributed by atoms with Gasteiger partial charge in [0.2, 0.25) is 0 Å². The largest absolute Gasteiger partial charge is 0.312 e. The Hall–Kier alpha value is -5.34. The number of aromatic nitrogens is 2. The fourth-order valence-corrected chi connectivity index (χ4v) is 7.31. The molecule has 8 aromatic rings. The van der Waals surface area contributed by atoms with Gasteiger partial charge in [-0.3, -0.25) is 0 Å². The Morgan fingerprint density at radius 3 is 1.74 bits per heavy atom. The van der Waals surface area contributed by atoms with Crippen LogP contribution in [0.4, 0.5) is 0 Å². The molecule has 6 aromatic carbocycles. The van der Waals surface area contributed by atoms with Crippen molar-refractivity contribution < 1.29 is 0 Å². The Bertz CT molecular complexity index is 2290. The molecule has 0 amide bonds. The quantitative estimate of drug-likeness (QED) is 0.207. The van der Waals surface area contributed by atoms with E-state index in [1.54, 1.807) is 0 Å². The summed E-state index contributed by atoms with van der Waals surface area (Å²) in [5, 5.41) is 3.85. The van der Waals surface area contributed by atoms with E-state index in [0.29, 0.717) is 0 Å². The van der Waals surface area contributed by atoms with Gasteiger partial charge >= 0.3 is 0 Å². The molecule has 2 aromatic heterocycles. The molecule has 1 aliphatic rings. The van der Waals surface area contributed by atoms with E-state index in [4.69, 9.17) is 0 Å². The predicted octanol–water partition coefficient (Wildman–Crippen LogP) is 10.7. The number of nitrogens with zero attached hydrogens (tertiary/aromatic N) is 2. The van der Waals surface area contributed by atoms with Gasteiger partial charge in [0.1, 0.15) is 0 Å². The molecule has 0 unspecified atom stereocenters. The molecular weight excluding hydrogens is 520 g/mol. The van der Waals surface area contributed by atoms with Crippen molar-refractivity contribution in [3.63, 3.8) is 0 Å². The summed E-state index contributed by atoms with van der Waals surface area (Å²) in [5.41, 5.74) is 13.7. The van der Waals surface area contributed by atoms with Crippen molar-refractivity contribution in [3.8, 4) is 33.6 Å². The lowest BCUT2D eigenvalue weighted by molar-refractivity contribution is 0.645. The third-order valence-electron chi connectivity index (χ3n) is 9.45. The monoisotopic (exact) mass is 550 g/mol. The van der Waals surface area contributed by atoms with Crippen LogP contribution in [0, 0.1) is 0 Å². The molecule has 2 nitrogen and oxygen atoms in total.